The normalized spacial score (nSPS) is 11.7. The van der Waals surface area contributed by atoms with Gasteiger partial charge in [-0.3, -0.25) is 0 Å². The highest BCUT2D eigenvalue weighted by Crippen LogP contribution is 2.22. The zero-order valence-electron chi connectivity index (χ0n) is 10.3. The Labute approximate surface area is 119 Å². The molecule has 0 bridgehead atoms. The third-order valence-corrected chi connectivity index (χ3v) is 5.04. The van der Waals surface area contributed by atoms with E-state index in [0.717, 1.165) is 17.0 Å². The number of nitrogens with one attached hydrogen (secondary N) is 1. The first-order valence-electron chi connectivity index (χ1n) is 5.67. The number of sulfonamides is 1. The molecule has 2 aromatic rings. The van der Waals surface area contributed by atoms with Crippen molar-refractivity contribution in [2.45, 2.75) is 11.3 Å². The summed E-state index contributed by atoms with van der Waals surface area (Å²) in [5.41, 5.74) is 4.34. The lowest BCUT2D eigenvalue weighted by Gasteiger charge is -2.09. The number of hydrogen-bond acceptors (Lipinski definition) is 4. The second-order valence-corrected chi connectivity index (χ2v) is 6.77. The maximum atomic E-state index is 13.7. The van der Waals surface area contributed by atoms with Gasteiger partial charge in [-0.25, -0.2) is 21.9 Å². The average molecular weight is 318 g/mol. The SMILES string of the molecule is Nc1c(F)ccc(S(=O)(=O)NCCc2cccs2)c1F. The molecule has 2 rings (SSSR count). The van der Waals surface area contributed by atoms with Gasteiger partial charge in [-0.2, -0.15) is 0 Å². The van der Waals surface area contributed by atoms with Crippen molar-refractivity contribution >= 4 is 27.0 Å². The summed E-state index contributed by atoms with van der Waals surface area (Å²) < 4.78 is 52.8. The zero-order chi connectivity index (χ0) is 14.8. The van der Waals surface area contributed by atoms with E-state index in [9.17, 15) is 17.2 Å². The molecule has 0 aliphatic carbocycles. The van der Waals surface area contributed by atoms with Gasteiger partial charge in [-0.1, -0.05) is 6.07 Å². The molecule has 4 nitrogen and oxygen atoms in total. The summed E-state index contributed by atoms with van der Waals surface area (Å²) in [5, 5.41) is 1.88. The van der Waals surface area contributed by atoms with E-state index in [4.69, 9.17) is 5.73 Å². The summed E-state index contributed by atoms with van der Waals surface area (Å²) in [5.74, 6) is -2.26. The van der Waals surface area contributed by atoms with E-state index in [-0.39, 0.29) is 6.54 Å². The maximum absolute atomic E-state index is 13.7. The molecule has 1 aromatic carbocycles. The Balaban J connectivity index is 2.12. The molecule has 1 aromatic heterocycles. The van der Waals surface area contributed by atoms with Crippen LogP contribution in [0.4, 0.5) is 14.5 Å². The molecule has 0 saturated carbocycles. The van der Waals surface area contributed by atoms with Crippen LogP contribution in [0.15, 0.2) is 34.5 Å². The molecule has 20 heavy (non-hydrogen) atoms. The van der Waals surface area contributed by atoms with E-state index in [2.05, 4.69) is 4.72 Å². The summed E-state index contributed by atoms with van der Waals surface area (Å²) in [7, 11) is -4.05. The van der Waals surface area contributed by atoms with E-state index in [1.807, 2.05) is 17.5 Å². The highest BCUT2D eigenvalue weighted by molar-refractivity contribution is 7.89. The minimum atomic E-state index is -4.05. The molecule has 1 heterocycles. The monoisotopic (exact) mass is 318 g/mol. The minimum Gasteiger partial charge on any atom is -0.394 e. The molecule has 8 heteroatoms. The Bertz CT molecular complexity index is 700. The van der Waals surface area contributed by atoms with Crippen LogP contribution < -0.4 is 10.5 Å². The van der Waals surface area contributed by atoms with E-state index >= 15 is 0 Å². The van der Waals surface area contributed by atoms with Gasteiger partial charge in [0.15, 0.2) is 5.82 Å². The first-order chi connectivity index (χ1) is 9.42. The summed E-state index contributed by atoms with van der Waals surface area (Å²) in [4.78, 5) is 0.356. The minimum absolute atomic E-state index is 0.125. The molecule has 0 unspecified atom stereocenters. The largest absolute Gasteiger partial charge is 0.394 e. The number of benzene rings is 1. The topological polar surface area (TPSA) is 72.2 Å². The van der Waals surface area contributed by atoms with Gasteiger partial charge >= 0.3 is 0 Å². The number of hydrogen-bond donors (Lipinski definition) is 2. The van der Waals surface area contributed by atoms with Crippen LogP contribution in [0.5, 0.6) is 0 Å². The van der Waals surface area contributed by atoms with Crippen molar-refractivity contribution in [2.75, 3.05) is 12.3 Å². The number of halogens is 2. The van der Waals surface area contributed by atoms with Crippen molar-refractivity contribution in [2.24, 2.45) is 0 Å². The Kier molecular flexibility index (Phi) is 4.36. The lowest BCUT2D eigenvalue weighted by molar-refractivity contribution is 0.548. The number of nitrogen functional groups attached to an aromatic ring is 1. The van der Waals surface area contributed by atoms with Gasteiger partial charge in [0.1, 0.15) is 16.4 Å². The highest BCUT2D eigenvalue weighted by atomic mass is 32.2. The average Bonchev–Trinajstić information content (AvgIpc) is 2.88. The third kappa shape index (κ3) is 3.14. The Morgan fingerprint density at radius 1 is 1.25 bits per heavy atom. The van der Waals surface area contributed by atoms with Gasteiger partial charge in [0.2, 0.25) is 10.0 Å². The molecular formula is C12H12F2N2O2S2. The van der Waals surface area contributed by atoms with Crippen LogP contribution in [0.2, 0.25) is 0 Å². The van der Waals surface area contributed by atoms with Crippen LogP contribution in [0, 0.1) is 11.6 Å². The Morgan fingerprint density at radius 2 is 2.00 bits per heavy atom. The quantitative estimate of drug-likeness (QED) is 0.830. The molecule has 108 valence electrons. The number of rotatable bonds is 5. The Morgan fingerprint density at radius 3 is 2.65 bits per heavy atom. The van der Waals surface area contributed by atoms with Crippen LogP contribution >= 0.6 is 11.3 Å². The molecule has 0 radical (unpaired) electrons. The fourth-order valence-corrected chi connectivity index (χ4v) is 3.43. The second kappa shape index (κ2) is 5.86. The van der Waals surface area contributed by atoms with Crippen LogP contribution in [-0.2, 0) is 16.4 Å². The fraction of sp³-hybridized carbons (Fsp3) is 0.167. The van der Waals surface area contributed by atoms with Crippen molar-refractivity contribution in [3.63, 3.8) is 0 Å². The van der Waals surface area contributed by atoms with Crippen LogP contribution in [0.25, 0.3) is 0 Å². The molecule has 0 fully saturated rings. The summed E-state index contributed by atoms with van der Waals surface area (Å²) in [6, 6.07) is 5.41. The lowest BCUT2D eigenvalue weighted by Crippen LogP contribution is -2.27. The van der Waals surface area contributed by atoms with E-state index in [0.29, 0.717) is 6.42 Å². The fourth-order valence-electron chi connectivity index (χ4n) is 1.60. The van der Waals surface area contributed by atoms with Crippen LogP contribution in [-0.4, -0.2) is 15.0 Å². The highest BCUT2D eigenvalue weighted by Gasteiger charge is 2.22. The lowest BCUT2D eigenvalue weighted by atomic mass is 10.3. The van der Waals surface area contributed by atoms with Crippen molar-refractivity contribution in [3.05, 3.63) is 46.2 Å². The van der Waals surface area contributed by atoms with Crippen LogP contribution in [0.1, 0.15) is 4.88 Å². The number of nitrogens with two attached hydrogens (primary N) is 1. The molecule has 0 saturated heterocycles. The van der Waals surface area contributed by atoms with Gasteiger partial charge in [0.05, 0.1) is 0 Å². The molecular weight excluding hydrogens is 306 g/mol. The second-order valence-electron chi connectivity index (χ2n) is 4.00. The van der Waals surface area contributed by atoms with Crippen LogP contribution in [0.3, 0.4) is 0 Å². The number of thiophene rings is 1. The van der Waals surface area contributed by atoms with Crippen molar-refractivity contribution < 1.29 is 17.2 Å². The molecule has 0 aliphatic heterocycles. The van der Waals surface area contributed by atoms with Gasteiger partial charge < -0.3 is 5.73 Å². The van der Waals surface area contributed by atoms with Gasteiger partial charge in [-0.15, -0.1) is 11.3 Å². The molecule has 0 spiro atoms. The standard InChI is InChI=1S/C12H12F2N2O2S2/c13-9-3-4-10(11(14)12(9)15)20(17,18)16-6-5-8-2-1-7-19-8/h1-4,7,16H,5-6,15H2. The van der Waals surface area contributed by atoms with E-state index in [1.165, 1.54) is 11.3 Å². The van der Waals surface area contributed by atoms with E-state index < -0.39 is 32.2 Å². The smallest absolute Gasteiger partial charge is 0.243 e. The number of anilines is 1. The molecule has 0 aliphatic rings. The molecule has 0 atom stereocenters. The zero-order valence-corrected chi connectivity index (χ0v) is 11.9. The van der Waals surface area contributed by atoms with Crippen molar-refractivity contribution in [1.82, 2.24) is 4.72 Å². The summed E-state index contributed by atoms with van der Waals surface area (Å²) >= 11 is 1.50. The van der Waals surface area contributed by atoms with Gasteiger partial charge in [-0.05, 0) is 30.0 Å². The first-order valence-corrected chi connectivity index (χ1v) is 8.03. The predicted octanol–water partition coefficient (Wildman–Crippen LogP) is 2.13. The first kappa shape index (κ1) is 14.9. The van der Waals surface area contributed by atoms with Gasteiger partial charge in [0.25, 0.3) is 0 Å². The summed E-state index contributed by atoms with van der Waals surface area (Å²) in [6.07, 6.45) is 0.495. The van der Waals surface area contributed by atoms with Gasteiger partial charge in [0, 0.05) is 11.4 Å². The molecule has 0 amide bonds. The van der Waals surface area contributed by atoms with Crippen molar-refractivity contribution in [1.29, 1.82) is 0 Å². The third-order valence-electron chi connectivity index (χ3n) is 2.62. The molecule has 3 N–H and O–H groups in total. The maximum Gasteiger partial charge on any atom is 0.243 e. The summed E-state index contributed by atoms with van der Waals surface area (Å²) in [6.45, 7) is 0.125. The Hall–Kier alpha value is -1.51. The van der Waals surface area contributed by atoms with Crippen molar-refractivity contribution in [3.8, 4) is 0 Å². The van der Waals surface area contributed by atoms with E-state index in [1.54, 1.807) is 0 Å². The predicted molar refractivity (Wildman–Crippen MR) is 74.0 cm³/mol.